The molecular weight excluding hydrogens is 680 g/mol. The molecule has 52 heavy (non-hydrogen) atoms. The highest BCUT2D eigenvalue weighted by Crippen LogP contribution is 2.56. The number of esters is 1. The van der Waals surface area contributed by atoms with Crippen molar-refractivity contribution in [3.05, 3.63) is 115 Å². The number of aromatic hydroxyl groups is 1. The lowest BCUT2D eigenvalue weighted by Crippen LogP contribution is -2.43. The minimum Gasteiger partial charge on any atom is -0.507 e. The highest BCUT2D eigenvalue weighted by atomic mass is 16.6. The Morgan fingerprint density at radius 2 is 1.75 bits per heavy atom. The number of fused-ring (bicyclic) bond motifs is 4. The zero-order valence-corrected chi connectivity index (χ0v) is 27.4. The summed E-state index contributed by atoms with van der Waals surface area (Å²) in [6.45, 7) is -0.0951. The number of phenolic OH excluding ortho intramolecular Hbond substituents is 1. The minimum atomic E-state index is -2.18. The number of phenols is 1. The number of methoxy groups -OCH3 is 2. The third-order valence-corrected chi connectivity index (χ3v) is 9.76. The third kappa shape index (κ3) is 4.88. The Hall–Kier alpha value is -6.61. The molecule has 1 spiro atoms. The van der Waals surface area contributed by atoms with Gasteiger partial charge in [0, 0.05) is 22.9 Å². The Morgan fingerprint density at radius 3 is 2.44 bits per heavy atom. The summed E-state index contributed by atoms with van der Waals surface area (Å²) < 4.78 is 14.9. The summed E-state index contributed by atoms with van der Waals surface area (Å²) in [5.41, 5.74) is -4.48. The fourth-order valence-electron chi connectivity index (χ4n) is 7.46. The van der Waals surface area contributed by atoms with Gasteiger partial charge in [-0.15, -0.1) is 0 Å². The van der Waals surface area contributed by atoms with Gasteiger partial charge in [0.15, 0.2) is 23.1 Å². The van der Waals surface area contributed by atoms with Crippen molar-refractivity contribution in [1.29, 1.82) is 0 Å². The number of ketones is 4. The normalized spacial score (nSPS) is 22.4. The number of aliphatic hydroxyl groups is 2. The number of rotatable bonds is 6. The number of hydrogen-bond donors (Lipinski definition) is 5. The van der Waals surface area contributed by atoms with E-state index < -0.39 is 97.9 Å². The quantitative estimate of drug-likeness (QED) is 0.140. The van der Waals surface area contributed by atoms with Crippen molar-refractivity contribution in [3.8, 4) is 5.75 Å². The lowest BCUT2D eigenvalue weighted by atomic mass is 9.73. The number of Topliss-reactive ketones (excluding diaryl/α,β-unsaturated/α-hetero) is 3. The van der Waals surface area contributed by atoms with E-state index in [0.29, 0.717) is 5.56 Å². The van der Waals surface area contributed by atoms with E-state index in [-0.39, 0.29) is 47.0 Å². The van der Waals surface area contributed by atoms with Gasteiger partial charge in [0.25, 0.3) is 5.56 Å². The second-order valence-electron chi connectivity index (χ2n) is 12.5. The van der Waals surface area contributed by atoms with Gasteiger partial charge in [-0.25, -0.2) is 9.59 Å². The molecule has 0 radical (unpaired) electrons. The van der Waals surface area contributed by atoms with Crippen LogP contribution in [-0.4, -0.2) is 75.8 Å². The number of aromatic nitrogens is 1. The maximum Gasteiger partial charge on any atom is 0.412 e. The van der Waals surface area contributed by atoms with Crippen LogP contribution in [0.4, 0.5) is 4.79 Å². The molecule has 4 aliphatic rings. The standard InChI is InChI=1S/C37H28N2O13/c1-50-21-13-20(40)23-24(28(21)41)30(43)26-25(29(23)42)32(45)37(33(26)46)9-8-16-10-17-11-18(38-34(47)22(17)31(44)27(16)37)12-19(35(48)51-2)39-36(49)52-14-15-6-4-3-5-7-15/h3-7,10-13,24,30,42-44H,8-9,14H2,1-2H3,(H,38,47)(H,39,49)/b19-12-. The van der Waals surface area contributed by atoms with Gasteiger partial charge in [0.2, 0.25) is 5.78 Å². The predicted molar refractivity (Wildman–Crippen MR) is 177 cm³/mol. The summed E-state index contributed by atoms with van der Waals surface area (Å²) >= 11 is 0. The van der Waals surface area contributed by atoms with Crippen LogP contribution in [-0.2, 0) is 56.6 Å². The molecule has 2 aromatic carbocycles. The molecule has 264 valence electrons. The summed E-state index contributed by atoms with van der Waals surface area (Å²) in [6.07, 6.45) is -1.24. The summed E-state index contributed by atoms with van der Waals surface area (Å²) in [4.78, 5) is 95.5. The molecule has 4 aliphatic carbocycles. The smallest absolute Gasteiger partial charge is 0.412 e. The molecule has 1 aromatic heterocycles. The van der Waals surface area contributed by atoms with Gasteiger partial charge in [0.1, 0.15) is 29.2 Å². The van der Waals surface area contributed by atoms with Crippen LogP contribution in [0, 0.1) is 5.92 Å². The number of alkyl carbamates (subject to hydrolysis) is 1. The number of hydrogen-bond acceptors (Lipinski definition) is 13. The van der Waals surface area contributed by atoms with E-state index in [2.05, 4.69) is 10.3 Å². The van der Waals surface area contributed by atoms with Crippen LogP contribution < -0.4 is 10.9 Å². The number of H-pyrrole nitrogens is 1. The maximum absolute atomic E-state index is 14.3. The Labute approximate surface area is 292 Å². The van der Waals surface area contributed by atoms with Gasteiger partial charge in [-0.1, -0.05) is 36.4 Å². The number of amides is 1. The number of nitrogens with one attached hydrogen (secondary N) is 2. The second kappa shape index (κ2) is 12.3. The van der Waals surface area contributed by atoms with E-state index in [1.54, 1.807) is 30.3 Å². The number of carbonyl (C=O) groups excluding carboxylic acids is 6. The van der Waals surface area contributed by atoms with Gasteiger partial charge in [-0.3, -0.25) is 29.3 Å². The molecule has 5 N–H and O–H groups in total. The number of carbonyl (C=O) groups is 6. The van der Waals surface area contributed by atoms with Crippen LogP contribution in [0.25, 0.3) is 16.8 Å². The number of ether oxygens (including phenoxy) is 3. The summed E-state index contributed by atoms with van der Waals surface area (Å²) in [6, 6.07) is 11.6. The molecular formula is C37H28N2O13. The van der Waals surface area contributed by atoms with E-state index in [4.69, 9.17) is 14.2 Å². The molecule has 7 rings (SSSR count). The van der Waals surface area contributed by atoms with E-state index in [1.165, 1.54) is 12.1 Å². The number of aryl methyl sites for hydroxylation is 1. The van der Waals surface area contributed by atoms with E-state index >= 15 is 0 Å². The molecule has 0 saturated carbocycles. The first-order valence-electron chi connectivity index (χ1n) is 15.8. The number of pyridine rings is 1. The van der Waals surface area contributed by atoms with Crippen LogP contribution in [0.1, 0.15) is 28.8 Å². The molecule has 0 bridgehead atoms. The molecule has 3 atom stereocenters. The first-order chi connectivity index (χ1) is 24.8. The van der Waals surface area contributed by atoms with Crippen molar-refractivity contribution in [2.24, 2.45) is 5.92 Å². The Balaban J connectivity index is 1.26. The molecule has 0 saturated heterocycles. The van der Waals surface area contributed by atoms with Gasteiger partial charge >= 0.3 is 12.1 Å². The van der Waals surface area contributed by atoms with Crippen molar-refractivity contribution >= 4 is 52.0 Å². The van der Waals surface area contributed by atoms with Crippen LogP contribution >= 0.6 is 0 Å². The van der Waals surface area contributed by atoms with E-state index in [0.717, 1.165) is 26.4 Å². The van der Waals surface area contributed by atoms with Crippen LogP contribution in [0.3, 0.4) is 0 Å². The summed E-state index contributed by atoms with van der Waals surface area (Å²) in [5.74, 6) is -8.49. The number of benzene rings is 2. The molecule has 0 fully saturated rings. The minimum absolute atomic E-state index is 0.000818. The first-order valence-corrected chi connectivity index (χ1v) is 15.8. The Bertz CT molecular complexity index is 2380. The van der Waals surface area contributed by atoms with Gasteiger partial charge in [-0.2, -0.15) is 0 Å². The molecule has 0 aliphatic heterocycles. The monoisotopic (exact) mass is 708 g/mol. The van der Waals surface area contributed by atoms with Crippen molar-refractivity contribution in [2.45, 2.75) is 31.0 Å². The van der Waals surface area contributed by atoms with Crippen molar-refractivity contribution in [3.63, 3.8) is 0 Å². The average Bonchev–Trinajstić information content (AvgIpc) is 3.62. The molecule has 1 heterocycles. The highest BCUT2D eigenvalue weighted by molar-refractivity contribution is 6.36. The van der Waals surface area contributed by atoms with Crippen molar-refractivity contribution in [2.75, 3.05) is 14.2 Å². The van der Waals surface area contributed by atoms with Crippen molar-refractivity contribution in [1.82, 2.24) is 10.3 Å². The molecule has 3 unspecified atom stereocenters. The van der Waals surface area contributed by atoms with Gasteiger partial charge in [0.05, 0.1) is 42.8 Å². The molecule has 3 aromatic rings. The van der Waals surface area contributed by atoms with Crippen LogP contribution in [0.15, 0.2) is 87.3 Å². The predicted octanol–water partition coefficient (Wildman–Crippen LogP) is 1.79. The van der Waals surface area contributed by atoms with Gasteiger partial charge < -0.3 is 34.5 Å². The zero-order valence-electron chi connectivity index (χ0n) is 27.4. The largest absolute Gasteiger partial charge is 0.507 e. The van der Waals surface area contributed by atoms with Crippen LogP contribution in [0.2, 0.25) is 0 Å². The highest BCUT2D eigenvalue weighted by Gasteiger charge is 2.64. The zero-order chi connectivity index (χ0) is 37.2. The number of allylic oxidation sites excluding steroid dienone is 3. The molecule has 15 nitrogen and oxygen atoms in total. The molecule has 15 heteroatoms. The number of aromatic amines is 1. The fourth-order valence-corrected chi connectivity index (χ4v) is 7.46. The first kappa shape index (κ1) is 33.9. The topological polar surface area (TPSA) is 236 Å². The SMILES string of the molecule is COC(=O)/C(=C/c1cc2cc3c(c(O)c2c(=O)[nH]1)C1(CC3)C(=O)C2=C(C1=O)C(O)C1C(=O)C(OC)=CC(=O)C1=C2O)NC(=O)OCc1ccccc1. The maximum atomic E-state index is 14.3. The lowest BCUT2D eigenvalue weighted by molar-refractivity contribution is -0.136. The Morgan fingerprint density at radius 1 is 1.02 bits per heavy atom. The van der Waals surface area contributed by atoms with Crippen LogP contribution in [0.5, 0.6) is 5.75 Å². The van der Waals surface area contributed by atoms with E-state index in [1.807, 2.05) is 0 Å². The van der Waals surface area contributed by atoms with Gasteiger partial charge in [-0.05, 0) is 41.5 Å². The van der Waals surface area contributed by atoms with Crippen molar-refractivity contribution < 1.29 is 58.3 Å². The summed E-state index contributed by atoms with van der Waals surface area (Å²) in [5, 5.41) is 36.3. The third-order valence-electron chi connectivity index (χ3n) is 9.76. The lowest BCUT2D eigenvalue weighted by Gasteiger charge is -2.31. The second-order valence-corrected chi connectivity index (χ2v) is 12.5. The molecule has 1 amide bonds. The summed E-state index contributed by atoms with van der Waals surface area (Å²) in [7, 11) is 2.21. The van der Waals surface area contributed by atoms with E-state index in [9.17, 15) is 48.9 Å². The number of aliphatic hydroxyl groups excluding tert-OH is 2. The Kier molecular flexibility index (Phi) is 8.02. The fraction of sp³-hybridized carbons (Fsp3) is 0.216. The average molecular weight is 709 g/mol.